The number of nitrogens with zero attached hydrogens (tertiary/aromatic N) is 1. The first-order valence-corrected chi connectivity index (χ1v) is 11.7. The van der Waals surface area contributed by atoms with Crippen LogP contribution in [0.15, 0.2) is 66.9 Å². The average Bonchev–Trinajstić information content (AvgIpc) is 2.80. The summed E-state index contributed by atoms with van der Waals surface area (Å²) in [6.07, 6.45) is 11.0. The second-order valence-electron chi connectivity index (χ2n) is 9.45. The number of pyridine rings is 1. The van der Waals surface area contributed by atoms with Crippen molar-refractivity contribution in [3.63, 3.8) is 0 Å². The predicted molar refractivity (Wildman–Crippen MR) is 125 cm³/mol. The van der Waals surface area contributed by atoms with Crippen molar-refractivity contribution in [2.75, 3.05) is 0 Å². The Morgan fingerprint density at radius 2 is 1.60 bits per heavy atom. The molecular formula is C29H34N+. The highest BCUT2D eigenvalue weighted by molar-refractivity contribution is 5.70. The summed E-state index contributed by atoms with van der Waals surface area (Å²) in [6.45, 7) is 2.17. The summed E-state index contributed by atoms with van der Waals surface area (Å²) < 4.78 is 11.5. The fourth-order valence-electron chi connectivity index (χ4n) is 5.75. The monoisotopic (exact) mass is 397 g/mol. The summed E-state index contributed by atoms with van der Waals surface area (Å²) in [7, 11) is 2.11. The minimum Gasteiger partial charge on any atom is -0.201 e. The van der Waals surface area contributed by atoms with Crippen molar-refractivity contribution in [2.24, 2.45) is 18.9 Å². The molecule has 0 aliphatic heterocycles. The van der Waals surface area contributed by atoms with Crippen LogP contribution in [0.5, 0.6) is 0 Å². The van der Waals surface area contributed by atoms with Gasteiger partial charge >= 0.3 is 0 Å². The second-order valence-corrected chi connectivity index (χ2v) is 9.45. The fourth-order valence-corrected chi connectivity index (χ4v) is 5.75. The molecule has 3 aromatic rings. The Balaban J connectivity index is 1.42. The molecule has 2 aliphatic carbocycles. The van der Waals surface area contributed by atoms with Crippen LogP contribution in [0.2, 0.25) is 0 Å². The average molecular weight is 398 g/mol. The van der Waals surface area contributed by atoms with Gasteiger partial charge in [0.2, 0.25) is 5.69 Å². The molecule has 0 radical (unpaired) electrons. The third-order valence-corrected chi connectivity index (χ3v) is 7.59. The van der Waals surface area contributed by atoms with Crippen molar-refractivity contribution in [1.29, 1.82) is 0 Å². The summed E-state index contributed by atoms with van der Waals surface area (Å²) in [4.78, 5) is 0. The van der Waals surface area contributed by atoms with Gasteiger partial charge in [-0.3, -0.25) is 0 Å². The van der Waals surface area contributed by atoms with Gasteiger partial charge in [0.25, 0.3) is 0 Å². The molecule has 2 fully saturated rings. The van der Waals surface area contributed by atoms with Gasteiger partial charge in [-0.1, -0.05) is 68.1 Å². The maximum absolute atomic E-state index is 9.25. The topological polar surface area (TPSA) is 3.88 Å². The lowest BCUT2D eigenvalue weighted by atomic mass is 9.66. The van der Waals surface area contributed by atoms with Gasteiger partial charge in [-0.25, -0.2) is 4.57 Å². The van der Waals surface area contributed by atoms with E-state index in [-0.39, 0.29) is 0 Å². The van der Waals surface area contributed by atoms with E-state index in [1.807, 2.05) is 0 Å². The maximum atomic E-state index is 9.25. The first-order valence-electron chi connectivity index (χ1n) is 12.2. The van der Waals surface area contributed by atoms with Crippen LogP contribution < -0.4 is 4.57 Å². The third-order valence-electron chi connectivity index (χ3n) is 7.59. The Bertz CT molecular complexity index is 1070. The smallest absolute Gasteiger partial charge is 0.201 e. The van der Waals surface area contributed by atoms with Crippen LogP contribution in [0.1, 0.15) is 63.3 Å². The van der Waals surface area contributed by atoms with Crippen LogP contribution >= 0.6 is 0 Å². The molecule has 0 saturated heterocycles. The molecule has 1 nitrogen and oxygen atoms in total. The molecule has 2 aromatic carbocycles. The molecule has 0 N–H and O–H groups in total. The van der Waals surface area contributed by atoms with E-state index in [9.17, 15) is 1.37 Å². The number of hydrogen-bond acceptors (Lipinski definition) is 0. The van der Waals surface area contributed by atoms with Gasteiger partial charge in [0.05, 0.1) is 0 Å². The minimum atomic E-state index is -0.396. The van der Waals surface area contributed by atoms with Crippen molar-refractivity contribution in [3.8, 4) is 22.4 Å². The predicted octanol–water partition coefficient (Wildman–Crippen LogP) is 7.23. The van der Waals surface area contributed by atoms with E-state index in [1.54, 1.807) is 0 Å². The standard InChI is InChI=1S/C29H34N/c1-21-7-3-6-10-28(21)29-20-27(17-18-30(29)2)24-13-11-23(12-14-24)26-16-15-22-8-4-5-9-25(22)19-26/h3,6-7,10-14,17-18,20,22,25-26H,4-5,8-9,15-16,19H2,1-2H3/q+1/t22?,25-,26?/m0/s1/i26D. The van der Waals surface area contributed by atoms with Gasteiger partial charge in [-0.2, -0.15) is 0 Å². The molecule has 0 bridgehead atoms. The molecule has 2 unspecified atom stereocenters. The molecule has 1 heteroatoms. The van der Waals surface area contributed by atoms with E-state index >= 15 is 0 Å². The highest BCUT2D eigenvalue weighted by Crippen LogP contribution is 2.46. The summed E-state index contributed by atoms with van der Waals surface area (Å²) in [5, 5.41) is 0. The molecule has 2 saturated carbocycles. The number of fused-ring (bicyclic) bond motifs is 1. The zero-order valence-electron chi connectivity index (χ0n) is 19.4. The van der Waals surface area contributed by atoms with Crippen LogP contribution in [0.3, 0.4) is 0 Å². The highest BCUT2D eigenvalue weighted by atomic mass is 14.9. The number of benzene rings is 2. The van der Waals surface area contributed by atoms with Gasteiger partial charge in [-0.05, 0) is 72.2 Å². The van der Waals surface area contributed by atoms with E-state index in [4.69, 9.17) is 0 Å². The maximum Gasteiger partial charge on any atom is 0.213 e. The Hall–Kier alpha value is -2.41. The van der Waals surface area contributed by atoms with Gasteiger partial charge in [0.15, 0.2) is 6.20 Å². The Kier molecular flexibility index (Phi) is 5.13. The van der Waals surface area contributed by atoms with E-state index < -0.39 is 5.89 Å². The van der Waals surface area contributed by atoms with Crippen LogP contribution in [0, 0.1) is 18.8 Å². The molecule has 1 aromatic heterocycles. The molecule has 1 heterocycles. The van der Waals surface area contributed by atoms with E-state index in [2.05, 4.69) is 85.4 Å². The van der Waals surface area contributed by atoms with Gasteiger partial charge in [0, 0.05) is 19.1 Å². The summed E-state index contributed by atoms with van der Waals surface area (Å²) in [5.41, 5.74) is 7.47. The van der Waals surface area contributed by atoms with Crippen LogP contribution in [0.25, 0.3) is 22.4 Å². The van der Waals surface area contributed by atoms with Crippen LogP contribution in [0.4, 0.5) is 0 Å². The Morgan fingerprint density at radius 1 is 0.833 bits per heavy atom. The lowest BCUT2D eigenvalue weighted by Crippen LogP contribution is -2.30. The lowest BCUT2D eigenvalue weighted by molar-refractivity contribution is -0.660. The number of aryl methyl sites for hydroxylation is 2. The fraction of sp³-hybridized carbons (Fsp3) is 0.414. The quantitative estimate of drug-likeness (QED) is 0.411. The van der Waals surface area contributed by atoms with E-state index in [0.29, 0.717) is 0 Å². The lowest BCUT2D eigenvalue weighted by Gasteiger charge is -2.39. The van der Waals surface area contributed by atoms with Crippen LogP contribution in [-0.2, 0) is 7.05 Å². The summed E-state index contributed by atoms with van der Waals surface area (Å²) in [6, 6.07) is 22.0. The zero-order valence-corrected chi connectivity index (χ0v) is 18.4. The number of aromatic nitrogens is 1. The number of rotatable bonds is 3. The minimum absolute atomic E-state index is 0.396. The van der Waals surface area contributed by atoms with Crippen molar-refractivity contribution in [2.45, 2.75) is 57.8 Å². The van der Waals surface area contributed by atoms with Crippen molar-refractivity contribution < 1.29 is 5.94 Å². The third kappa shape index (κ3) is 3.83. The molecule has 2 aliphatic rings. The second kappa shape index (κ2) is 8.38. The molecule has 5 rings (SSSR count). The van der Waals surface area contributed by atoms with E-state index in [1.165, 1.54) is 65.6 Å². The number of hydrogen-bond donors (Lipinski definition) is 0. The first kappa shape index (κ1) is 18.4. The highest BCUT2D eigenvalue weighted by Gasteiger charge is 2.32. The van der Waals surface area contributed by atoms with Gasteiger partial charge in [-0.15, -0.1) is 0 Å². The Labute approximate surface area is 183 Å². The van der Waals surface area contributed by atoms with Crippen LogP contribution in [-0.4, -0.2) is 0 Å². The van der Waals surface area contributed by atoms with Gasteiger partial charge < -0.3 is 0 Å². The molecule has 154 valence electrons. The molecule has 30 heavy (non-hydrogen) atoms. The SMILES string of the molecule is [2H]C1(c2ccc(-c3cc[n+](C)c(-c4ccccc4C)c3)cc2)CCC2CCCC[C@H]2C1. The first-order chi connectivity index (χ1) is 15.0. The van der Waals surface area contributed by atoms with Gasteiger partial charge in [0.1, 0.15) is 7.05 Å². The summed E-state index contributed by atoms with van der Waals surface area (Å²) in [5.74, 6) is 1.26. The van der Waals surface area contributed by atoms with Crippen molar-refractivity contribution >= 4 is 0 Å². The molecule has 0 spiro atoms. The van der Waals surface area contributed by atoms with Crippen molar-refractivity contribution in [1.82, 2.24) is 0 Å². The van der Waals surface area contributed by atoms with Crippen molar-refractivity contribution in [3.05, 3.63) is 78.0 Å². The summed E-state index contributed by atoms with van der Waals surface area (Å²) >= 11 is 0. The zero-order chi connectivity index (χ0) is 21.4. The molecule has 3 atom stereocenters. The molecular weight excluding hydrogens is 362 g/mol. The van der Waals surface area contributed by atoms with E-state index in [0.717, 1.165) is 24.7 Å². The normalized spacial score (nSPS) is 26.7. The Morgan fingerprint density at radius 3 is 2.40 bits per heavy atom. The largest absolute Gasteiger partial charge is 0.213 e. The molecule has 0 amide bonds.